The molecule has 1 aromatic rings. The van der Waals surface area contributed by atoms with E-state index in [-0.39, 0.29) is 5.91 Å². The van der Waals surface area contributed by atoms with Crippen LogP contribution >= 0.6 is 11.8 Å². The molecule has 25 heavy (non-hydrogen) atoms. The van der Waals surface area contributed by atoms with Crippen molar-refractivity contribution in [3.8, 4) is 0 Å². The number of amides is 1. The minimum atomic E-state index is -4.10. The van der Waals surface area contributed by atoms with E-state index in [4.69, 9.17) is 0 Å². The second-order valence-corrected chi connectivity index (χ2v) is 8.79. The van der Waals surface area contributed by atoms with Gasteiger partial charge >= 0.3 is 0 Å². The summed E-state index contributed by atoms with van der Waals surface area (Å²) in [4.78, 5) is 14.2. The number of hydrogen-bond acceptors (Lipinski definition) is 4. The maximum atomic E-state index is 13.9. The van der Waals surface area contributed by atoms with Crippen molar-refractivity contribution in [3.63, 3.8) is 0 Å². The number of thioether (sulfide) groups is 1. The van der Waals surface area contributed by atoms with Crippen molar-refractivity contribution in [2.24, 2.45) is 0 Å². The zero-order valence-corrected chi connectivity index (χ0v) is 16.0. The summed E-state index contributed by atoms with van der Waals surface area (Å²) in [6.07, 6.45) is 6.31. The van der Waals surface area contributed by atoms with E-state index < -0.39 is 26.8 Å². The SMILES string of the molecule is CSCC[C@H](NS(=O)(=O)c1ccccc1F)C(=O)N1CCCCCC1. The number of rotatable bonds is 7. The molecule has 0 spiro atoms. The van der Waals surface area contributed by atoms with Gasteiger partial charge in [-0.1, -0.05) is 25.0 Å². The Morgan fingerprint density at radius 2 is 1.88 bits per heavy atom. The Kier molecular flexibility index (Phi) is 7.71. The lowest BCUT2D eigenvalue weighted by atomic mass is 10.2. The molecule has 5 nitrogen and oxygen atoms in total. The molecule has 0 bridgehead atoms. The third kappa shape index (κ3) is 5.69. The van der Waals surface area contributed by atoms with Crippen molar-refractivity contribution in [3.05, 3.63) is 30.1 Å². The van der Waals surface area contributed by atoms with Gasteiger partial charge in [0.1, 0.15) is 16.8 Å². The van der Waals surface area contributed by atoms with Crippen molar-refractivity contribution < 1.29 is 17.6 Å². The van der Waals surface area contributed by atoms with Gasteiger partial charge < -0.3 is 4.90 Å². The molecule has 1 saturated heterocycles. The van der Waals surface area contributed by atoms with E-state index in [0.29, 0.717) is 25.3 Å². The van der Waals surface area contributed by atoms with E-state index in [1.54, 1.807) is 16.7 Å². The predicted molar refractivity (Wildman–Crippen MR) is 98.6 cm³/mol. The Morgan fingerprint density at radius 1 is 1.24 bits per heavy atom. The summed E-state index contributed by atoms with van der Waals surface area (Å²) in [6, 6.07) is 4.34. The van der Waals surface area contributed by atoms with Crippen LogP contribution < -0.4 is 4.72 Å². The zero-order chi connectivity index (χ0) is 18.3. The number of benzene rings is 1. The molecule has 1 atom stereocenters. The maximum absolute atomic E-state index is 13.9. The lowest BCUT2D eigenvalue weighted by Crippen LogP contribution is -2.49. The van der Waals surface area contributed by atoms with Crippen LogP contribution in [-0.4, -0.2) is 50.4 Å². The molecular formula is C17H25FN2O3S2. The monoisotopic (exact) mass is 388 g/mol. The van der Waals surface area contributed by atoms with E-state index in [1.165, 1.54) is 18.2 Å². The van der Waals surface area contributed by atoms with Crippen LogP contribution in [0.1, 0.15) is 32.1 Å². The third-order valence-electron chi connectivity index (χ3n) is 4.25. The summed E-state index contributed by atoms with van der Waals surface area (Å²) in [5.74, 6) is -0.388. The fourth-order valence-electron chi connectivity index (χ4n) is 2.89. The molecule has 1 N–H and O–H groups in total. The van der Waals surface area contributed by atoms with Gasteiger partial charge in [0.25, 0.3) is 0 Å². The molecule has 140 valence electrons. The standard InChI is InChI=1S/C17H25FN2O3S2/c1-24-13-10-15(17(21)20-11-6-2-3-7-12-20)19-25(22,23)16-9-5-4-8-14(16)18/h4-5,8-9,15,19H,2-3,6-7,10-13H2,1H3/t15-/m0/s1. The minimum Gasteiger partial charge on any atom is -0.341 e. The molecule has 0 saturated carbocycles. The van der Waals surface area contributed by atoms with Crippen LogP contribution in [0.15, 0.2) is 29.2 Å². The topological polar surface area (TPSA) is 66.5 Å². The van der Waals surface area contributed by atoms with Crippen LogP contribution in [-0.2, 0) is 14.8 Å². The number of sulfonamides is 1. The summed E-state index contributed by atoms with van der Waals surface area (Å²) in [5.41, 5.74) is 0. The van der Waals surface area contributed by atoms with Crippen LogP contribution in [0.3, 0.4) is 0 Å². The highest BCUT2D eigenvalue weighted by Crippen LogP contribution is 2.17. The zero-order valence-electron chi connectivity index (χ0n) is 14.4. The lowest BCUT2D eigenvalue weighted by molar-refractivity contribution is -0.133. The molecule has 0 unspecified atom stereocenters. The van der Waals surface area contributed by atoms with Gasteiger partial charge in [0.05, 0.1) is 0 Å². The van der Waals surface area contributed by atoms with Gasteiger partial charge in [-0.05, 0) is 43.4 Å². The van der Waals surface area contributed by atoms with Crippen LogP contribution in [0.4, 0.5) is 4.39 Å². The number of carbonyl (C=O) groups is 1. The van der Waals surface area contributed by atoms with Gasteiger partial charge in [-0.15, -0.1) is 0 Å². The molecule has 0 radical (unpaired) electrons. The quantitative estimate of drug-likeness (QED) is 0.780. The average Bonchev–Trinajstić information content (AvgIpc) is 2.87. The summed E-state index contributed by atoms with van der Waals surface area (Å²) in [6.45, 7) is 1.30. The van der Waals surface area contributed by atoms with Gasteiger partial charge in [-0.25, -0.2) is 12.8 Å². The van der Waals surface area contributed by atoms with Crippen LogP contribution in [0.25, 0.3) is 0 Å². The van der Waals surface area contributed by atoms with Crippen molar-refractivity contribution in [1.29, 1.82) is 0 Å². The van der Waals surface area contributed by atoms with Gasteiger partial charge in [0.2, 0.25) is 15.9 Å². The molecular weight excluding hydrogens is 363 g/mol. The smallest absolute Gasteiger partial charge is 0.244 e. The highest BCUT2D eigenvalue weighted by molar-refractivity contribution is 7.98. The molecule has 0 aliphatic carbocycles. The summed E-state index contributed by atoms with van der Waals surface area (Å²) in [5, 5.41) is 0. The number of nitrogens with one attached hydrogen (secondary N) is 1. The number of nitrogens with zero attached hydrogens (tertiary/aromatic N) is 1. The van der Waals surface area contributed by atoms with E-state index in [1.807, 2.05) is 6.26 Å². The first-order valence-corrected chi connectivity index (χ1v) is 11.4. The van der Waals surface area contributed by atoms with Crippen LogP contribution in [0, 0.1) is 5.82 Å². The van der Waals surface area contributed by atoms with E-state index in [2.05, 4.69) is 4.72 Å². The number of carbonyl (C=O) groups excluding carboxylic acids is 1. The summed E-state index contributed by atoms with van der Waals surface area (Å²) in [7, 11) is -4.10. The fourth-order valence-corrected chi connectivity index (χ4v) is 4.67. The van der Waals surface area contributed by atoms with Crippen molar-refractivity contribution in [2.45, 2.75) is 43.0 Å². The maximum Gasteiger partial charge on any atom is 0.244 e. The highest BCUT2D eigenvalue weighted by Gasteiger charge is 2.30. The van der Waals surface area contributed by atoms with Crippen LogP contribution in [0.5, 0.6) is 0 Å². The van der Waals surface area contributed by atoms with E-state index in [9.17, 15) is 17.6 Å². The number of hydrogen-bond donors (Lipinski definition) is 1. The van der Waals surface area contributed by atoms with Gasteiger partial charge in [0, 0.05) is 13.1 Å². The Hall–Kier alpha value is -1.12. The first-order valence-electron chi connectivity index (χ1n) is 8.50. The second-order valence-electron chi connectivity index (χ2n) is 6.13. The minimum absolute atomic E-state index is 0.212. The Morgan fingerprint density at radius 3 is 2.48 bits per heavy atom. The molecule has 1 heterocycles. The Bertz CT molecular complexity index is 674. The van der Waals surface area contributed by atoms with Gasteiger partial charge in [-0.3, -0.25) is 4.79 Å². The first-order chi connectivity index (χ1) is 12.0. The molecule has 1 fully saturated rings. The largest absolute Gasteiger partial charge is 0.341 e. The fraction of sp³-hybridized carbons (Fsp3) is 0.588. The highest BCUT2D eigenvalue weighted by atomic mass is 32.2. The average molecular weight is 389 g/mol. The Balaban J connectivity index is 2.18. The first kappa shape index (κ1) is 20.2. The molecule has 0 aromatic heterocycles. The van der Waals surface area contributed by atoms with Gasteiger partial charge in [-0.2, -0.15) is 16.5 Å². The number of likely N-dealkylation sites (tertiary alicyclic amines) is 1. The van der Waals surface area contributed by atoms with Gasteiger partial charge in [0.15, 0.2) is 0 Å². The predicted octanol–water partition coefficient (Wildman–Crippen LogP) is 2.63. The number of halogens is 1. The lowest BCUT2D eigenvalue weighted by Gasteiger charge is -2.26. The normalized spacial score (nSPS) is 17.1. The molecule has 1 amide bonds. The van der Waals surface area contributed by atoms with E-state index >= 15 is 0 Å². The molecule has 1 aliphatic rings. The molecule has 1 aliphatic heterocycles. The van der Waals surface area contributed by atoms with Crippen molar-refractivity contribution >= 4 is 27.7 Å². The van der Waals surface area contributed by atoms with Crippen molar-refractivity contribution in [1.82, 2.24) is 9.62 Å². The third-order valence-corrected chi connectivity index (χ3v) is 6.40. The summed E-state index contributed by atoms with van der Waals surface area (Å²) >= 11 is 1.54. The van der Waals surface area contributed by atoms with Crippen LogP contribution in [0.2, 0.25) is 0 Å². The second kappa shape index (κ2) is 9.54. The van der Waals surface area contributed by atoms with E-state index in [0.717, 1.165) is 31.7 Å². The Labute approximate surface area is 153 Å². The molecule has 8 heteroatoms. The van der Waals surface area contributed by atoms with Crippen molar-refractivity contribution in [2.75, 3.05) is 25.1 Å². The molecule has 1 aromatic carbocycles. The molecule has 2 rings (SSSR count). The summed E-state index contributed by atoms with van der Waals surface area (Å²) < 4.78 is 41.4.